The van der Waals surface area contributed by atoms with E-state index in [0.29, 0.717) is 0 Å². The fourth-order valence-corrected chi connectivity index (χ4v) is 3.20. The molecule has 106 valence electrons. The van der Waals surface area contributed by atoms with Crippen molar-refractivity contribution in [2.75, 3.05) is 7.11 Å². The van der Waals surface area contributed by atoms with Gasteiger partial charge in [-0.3, -0.25) is 0 Å². The third kappa shape index (κ3) is 2.81. The quantitative estimate of drug-likeness (QED) is 0.684. The molecule has 1 heterocycles. The average Bonchev–Trinajstić information content (AvgIpc) is 2.90. The van der Waals surface area contributed by atoms with Gasteiger partial charge in [0.15, 0.2) is 0 Å². The van der Waals surface area contributed by atoms with Gasteiger partial charge in [-0.1, -0.05) is 12.1 Å². The SMILES string of the molecule is COc1ccc(-c2nc(C)c(-c3ccc(F)cc3)s2)cc1. The minimum atomic E-state index is -0.226. The third-order valence-electron chi connectivity index (χ3n) is 3.24. The second-order valence-electron chi connectivity index (χ2n) is 4.67. The Bertz CT molecular complexity index is 747. The van der Waals surface area contributed by atoms with Crippen LogP contribution in [0.2, 0.25) is 0 Å². The first-order valence-corrected chi connectivity index (χ1v) is 7.37. The van der Waals surface area contributed by atoms with Crippen LogP contribution >= 0.6 is 11.3 Å². The number of hydrogen-bond donors (Lipinski definition) is 0. The fraction of sp³-hybridized carbons (Fsp3) is 0.118. The maximum atomic E-state index is 13.0. The molecule has 0 bridgehead atoms. The lowest BCUT2D eigenvalue weighted by Crippen LogP contribution is -1.82. The van der Waals surface area contributed by atoms with Crippen molar-refractivity contribution in [3.8, 4) is 26.8 Å². The molecule has 0 amide bonds. The highest BCUT2D eigenvalue weighted by atomic mass is 32.1. The molecule has 0 unspecified atom stereocenters. The van der Waals surface area contributed by atoms with Crippen molar-refractivity contribution in [3.05, 3.63) is 60.0 Å². The van der Waals surface area contributed by atoms with Crippen molar-refractivity contribution in [3.63, 3.8) is 0 Å². The van der Waals surface area contributed by atoms with E-state index in [0.717, 1.165) is 32.5 Å². The molecule has 1 aromatic heterocycles. The smallest absolute Gasteiger partial charge is 0.124 e. The van der Waals surface area contributed by atoms with Gasteiger partial charge in [-0.25, -0.2) is 9.37 Å². The summed E-state index contributed by atoms with van der Waals surface area (Å²) >= 11 is 1.61. The Labute approximate surface area is 126 Å². The number of thiazole rings is 1. The van der Waals surface area contributed by atoms with Crippen LogP contribution in [-0.4, -0.2) is 12.1 Å². The number of nitrogens with zero attached hydrogens (tertiary/aromatic N) is 1. The molecule has 2 nitrogen and oxygen atoms in total. The molecule has 0 saturated heterocycles. The predicted octanol–water partition coefficient (Wildman–Crippen LogP) is 4.93. The van der Waals surface area contributed by atoms with Crippen LogP contribution in [0.15, 0.2) is 48.5 Å². The van der Waals surface area contributed by atoms with E-state index >= 15 is 0 Å². The predicted molar refractivity (Wildman–Crippen MR) is 84.2 cm³/mol. The molecule has 0 aliphatic carbocycles. The zero-order chi connectivity index (χ0) is 14.8. The average molecular weight is 299 g/mol. The van der Waals surface area contributed by atoms with Crippen LogP contribution < -0.4 is 4.74 Å². The van der Waals surface area contributed by atoms with E-state index in [2.05, 4.69) is 4.98 Å². The summed E-state index contributed by atoms with van der Waals surface area (Å²) in [6.45, 7) is 1.97. The Morgan fingerprint density at radius 3 is 2.19 bits per heavy atom. The molecule has 0 fully saturated rings. The molecule has 0 aliphatic heterocycles. The topological polar surface area (TPSA) is 22.1 Å². The van der Waals surface area contributed by atoms with Crippen LogP contribution in [0.3, 0.4) is 0 Å². The molecule has 0 saturated carbocycles. The monoisotopic (exact) mass is 299 g/mol. The van der Waals surface area contributed by atoms with Gasteiger partial charge in [0, 0.05) is 5.56 Å². The molecular weight excluding hydrogens is 285 g/mol. The molecule has 0 aliphatic rings. The van der Waals surface area contributed by atoms with Gasteiger partial charge in [-0.05, 0) is 48.9 Å². The highest BCUT2D eigenvalue weighted by molar-refractivity contribution is 7.18. The lowest BCUT2D eigenvalue weighted by atomic mass is 10.1. The maximum Gasteiger partial charge on any atom is 0.124 e. The van der Waals surface area contributed by atoms with Crippen molar-refractivity contribution < 1.29 is 9.13 Å². The summed E-state index contributed by atoms with van der Waals surface area (Å²) in [7, 11) is 1.65. The summed E-state index contributed by atoms with van der Waals surface area (Å²) in [5.74, 6) is 0.599. The number of methoxy groups -OCH3 is 1. The number of aryl methyl sites for hydroxylation is 1. The normalized spacial score (nSPS) is 10.6. The van der Waals surface area contributed by atoms with Gasteiger partial charge in [-0.15, -0.1) is 11.3 Å². The number of halogens is 1. The van der Waals surface area contributed by atoms with Crippen molar-refractivity contribution >= 4 is 11.3 Å². The van der Waals surface area contributed by atoms with Gasteiger partial charge in [0.25, 0.3) is 0 Å². The summed E-state index contributed by atoms with van der Waals surface area (Å²) < 4.78 is 18.2. The first kappa shape index (κ1) is 13.8. The fourth-order valence-electron chi connectivity index (χ4n) is 2.12. The van der Waals surface area contributed by atoms with E-state index in [1.165, 1.54) is 12.1 Å². The minimum Gasteiger partial charge on any atom is -0.497 e. The molecule has 0 radical (unpaired) electrons. The van der Waals surface area contributed by atoms with Gasteiger partial charge >= 0.3 is 0 Å². The lowest BCUT2D eigenvalue weighted by molar-refractivity contribution is 0.415. The summed E-state index contributed by atoms with van der Waals surface area (Å²) in [4.78, 5) is 5.69. The summed E-state index contributed by atoms with van der Waals surface area (Å²) in [6, 6.07) is 14.3. The largest absolute Gasteiger partial charge is 0.497 e. The van der Waals surface area contributed by atoms with Crippen LogP contribution in [0, 0.1) is 12.7 Å². The Kier molecular flexibility index (Phi) is 3.71. The Morgan fingerprint density at radius 1 is 0.952 bits per heavy atom. The first-order chi connectivity index (χ1) is 10.2. The van der Waals surface area contributed by atoms with E-state index in [4.69, 9.17) is 4.74 Å². The molecule has 2 aromatic carbocycles. The highest BCUT2D eigenvalue weighted by Gasteiger charge is 2.11. The molecule has 4 heteroatoms. The van der Waals surface area contributed by atoms with Gasteiger partial charge in [0.05, 0.1) is 17.7 Å². The minimum absolute atomic E-state index is 0.226. The highest BCUT2D eigenvalue weighted by Crippen LogP contribution is 2.35. The van der Waals surface area contributed by atoms with Crippen LogP contribution in [0.1, 0.15) is 5.69 Å². The summed E-state index contributed by atoms with van der Waals surface area (Å²) in [6.07, 6.45) is 0. The molecule has 0 spiro atoms. The van der Waals surface area contributed by atoms with E-state index in [1.54, 1.807) is 30.6 Å². The lowest BCUT2D eigenvalue weighted by Gasteiger charge is -2.00. The zero-order valence-corrected chi connectivity index (χ0v) is 12.6. The van der Waals surface area contributed by atoms with E-state index in [1.807, 2.05) is 31.2 Å². The van der Waals surface area contributed by atoms with Gasteiger partial charge in [0.1, 0.15) is 16.6 Å². The molecule has 3 rings (SSSR count). The van der Waals surface area contributed by atoms with Crippen molar-refractivity contribution in [1.82, 2.24) is 4.98 Å². The molecule has 3 aromatic rings. The number of rotatable bonds is 3. The van der Waals surface area contributed by atoms with Gasteiger partial charge in [0.2, 0.25) is 0 Å². The number of hydrogen-bond acceptors (Lipinski definition) is 3. The second-order valence-corrected chi connectivity index (χ2v) is 5.67. The zero-order valence-electron chi connectivity index (χ0n) is 11.8. The summed E-state index contributed by atoms with van der Waals surface area (Å²) in [5, 5.41) is 0.953. The Hall–Kier alpha value is -2.20. The van der Waals surface area contributed by atoms with Crippen LogP contribution in [-0.2, 0) is 0 Å². The van der Waals surface area contributed by atoms with Crippen molar-refractivity contribution in [1.29, 1.82) is 0 Å². The standard InChI is InChI=1S/C17H14FNOS/c1-11-16(12-3-7-14(18)8-4-12)21-17(19-11)13-5-9-15(20-2)10-6-13/h3-10H,1-2H3. The van der Waals surface area contributed by atoms with E-state index < -0.39 is 0 Å². The third-order valence-corrected chi connectivity index (χ3v) is 4.50. The number of aromatic nitrogens is 1. The van der Waals surface area contributed by atoms with Crippen LogP contribution in [0.4, 0.5) is 4.39 Å². The van der Waals surface area contributed by atoms with Crippen LogP contribution in [0.25, 0.3) is 21.0 Å². The Morgan fingerprint density at radius 2 is 1.57 bits per heavy atom. The Balaban J connectivity index is 1.98. The van der Waals surface area contributed by atoms with Gasteiger partial charge in [-0.2, -0.15) is 0 Å². The van der Waals surface area contributed by atoms with Gasteiger partial charge < -0.3 is 4.74 Å². The van der Waals surface area contributed by atoms with E-state index in [9.17, 15) is 4.39 Å². The molecular formula is C17H14FNOS. The first-order valence-electron chi connectivity index (χ1n) is 6.55. The number of benzene rings is 2. The molecule has 0 N–H and O–H groups in total. The molecule has 0 atom stereocenters. The van der Waals surface area contributed by atoms with Crippen molar-refractivity contribution in [2.45, 2.75) is 6.92 Å². The maximum absolute atomic E-state index is 13.0. The van der Waals surface area contributed by atoms with Crippen LogP contribution in [0.5, 0.6) is 5.75 Å². The molecule has 21 heavy (non-hydrogen) atoms. The van der Waals surface area contributed by atoms with Crippen molar-refractivity contribution in [2.24, 2.45) is 0 Å². The van der Waals surface area contributed by atoms with E-state index in [-0.39, 0.29) is 5.82 Å². The second kappa shape index (κ2) is 5.66. The summed E-state index contributed by atoms with van der Waals surface area (Å²) in [5.41, 5.74) is 3.00. The number of ether oxygens (including phenoxy) is 1.